The lowest BCUT2D eigenvalue weighted by Gasteiger charge is -2.30. The Hall–Kier alpha value is -1.82. The summed E-state index contributed by atoms with van der Waals surface area (Å²) in [6, 6.07) is 1.42. The number of aromatic nitrogens is 1. The number of amides is 1. The monoisotopic (exact) mass is 279 g/mol. The van der Waals surface area contributed by atoms with Crippen LogP contribution in [0.5, 0.6) is 0 Å². The average molecular weight is 279 g/mol. The lowest BCUT2D eigenvalue weighted by Crippen LogP contribution is -2.49. The number of nitrogens with zero attached hydrogens (tertiary/aromatic N) is 1. The van der Waals surface area contributed by atoms with Crippen LogP contribution in [0.3, 0.4) is 0 Å². The first kappa shape index (κ1) is 14.6. The summed E-state index contributed by atoms with van der Waals surface area (Å²) < 4.78 is 5.19. The molecule has 0 unspecified atom stereocenters. The molecule has 1 heterocycles. The van der Waals surface area contributed by atoms with Crippen molar-refractivity contribution in [3.63, 3.8) is 0 Å². The van der Waals surface area contributed by atoms with Crippen LogP contribution in [0.4, 0.5) is 10.5 Å². The van der Waals surface area contributed by atoms with Gasteiger partial charge < -0.3 is 20.9 Å². The van der Waals surface area contributed by atoms with E-state index in [1.807, 2.05) is 6.07 Å². The highest BCUT2D eigenvalue weighted by molar-refractivity contribution is 5.68. The molecule has 1 amide bonds. The first-order valence-electron chi connectivity index (χ1n) is 6.65. The number of aliphatic hydroxyl groups excluding tert-OH is 1. The van der Waals surface area contributed by atoms with Gasteiger partial charge in [0, 0.05) is 18.5 Å². The molecule has 6 nitrogen and oxygen atoms in total. The summed E-state index contributed by atoms with van der Waals surface area (Å²) in [6.07, 6.45) is 1.28. The molecule has 1 aliphatic carbocycles. The van der Waals surface area contributed by atoms with Gasteiger partial charge in [0.2, 0.25) is 0 Å². The van der Waals surface area contributed by atoms with Gasteiger partial charge in [0.1, 0.15) is 5.60 Å². The molecule has 0 spiro atoms. The molecule has 1 aromatic heterocycles. The van der Waals surface area contributed by atoms with Crippen molar-refractivity contribution in [2.75, 3.05) is 5.73 Å². The van der Waals surface area contributed by atoms with Gasteiger partial charge in [0.15, 0.2) is 0 Å². The maximum absolute atomic E-state index is 11.8. The van der Waals surface area contributed by atoms with Crippen LogP contribution in [0.2, 0.25) is 0 Å². The fourth-order valence-corrected chi connectivity index (χ4v) is 2.24. The number of carbonyl (C=O) groups excluding carboxylic acids is 1. The summed E-state index contributed by atoms with van der Waals surface area (Å²) in [7, 11) is 0. The Morgan fingerprint density at radius 1 is 1.50 bits per heavy atom. The minimum atomic E-state index is -0.668. The third-order valence-corrected chi connectivity index (χ3v) is 3.09. The van der Waals surface area contributed by atoms with Crippen LogP contribution in [0.1, 0.15) is 32.0 Å². The maximum Gasteiger partial charge on any atom is 0.407 e. The number of hydrogen-bond donors (Lipinski definition) is 3. The van der Waals surface area contributed by atoms with E-state index in [4.69, 9.17) is 10.5 Å². The molecule has 20 heavy (non-hydrogen) atoms. The standard InChI is InChI=1S/C14H21N3O3/c1-14(2,3)20-13(19)17-11-6-10-8(5-12(11)18)4-9(15)7-16-10/h4,7,11-12,18H,5-6,15H2,1-3H3,(H,17,19)/t11-,12-/m0/s1. The van der Waals surface area contributed by atoms with Crippen molar-refractivity contribution in [1.82, 2.24) is 10.3 Å². The summed E-state index contributed by atoms with van der Waals surface area (Å²) in [5, 5.41) is 12.8. The molecule has 2 rings (SSSR count). The predicted octanol–water partition coefficient (Wildman–Crippen LogP) is 1.02. The minimum absolute atomic E-state index is 0.395. The summed E-state index contributed by atoms with van der Waals surface area (Å²) in [6.45, 7) is 5.39. The molecule has 0 aromatic carbocycles. The van der Waals surface area contributed by atoms with Crippen LogP contribution in [0.25, 0.3) is 0 Å². The van der Waals surface area contributed by atoms with Gasteiger partial charge in [-0.25, -0.2) is 4.79 Å². The van der Waals surface area contributed by atoms with E-state index in [9.17, 15) is 9.90 Å². The molecule has 110 valence electrons. The molecule has 0 saturated carbocycles. The number of alkyl carbamates (subject to hydrolysis) is 1. The third-order valence-electron chi connectivity index (χ3n) is 3.09. The van der Waals surface area contributed by atoms with Crippen molar-refractivity contribution >= 4 is 11.8 Å². The zero-order valence-corrected chi connectivity index (χ0v) is 12.0. The molecule has 6 heteroatoms. The topological polar surface area (TPSA) is 97.5 Å². The first-order chi connectivity index (χ1) is 9.24. The second-order valence-corrected chi connectivity index (χ2v) is 6.10. The smallest absolute Gasteiger partial charge is 0.407 e. The van der Waals surface area contributed by atoms with Gasteiger partial charge >= 0.3 is 6.09 Å². The summed E-state index contributed by atoms with van der Waals surface area (Å²) in [4.78, 5) is 16.0. The van der Waals surface area contributed by atoms with E-state index < -0.39 is 23.8 Å². The maximum atomic E-state index is 11.8. The lowest BCUT2D eigenvalue weighted by molar-refractivity contribution is 0.0411. The lowest BCUT2D eigenvalue weighted by atomic mass is 9.89. The molecule has 0 saturated heterocycles. The molecular formula is C14H21N3O3. The second kappa shape index (κ2) is 5.28. The number of aliphatic hydroxyl groups is 1. The molecule has 1 aromatic rings. The van der Waals surface area contributed by atoms with Crippen LogP contribution in [0.15, 0.2) is 12.3 Å². The second-order valence-electron chi connectivity index (χ2n) is 6.10. The van der Waals surface area contributed by atoms with Gasteiger partial charge in [-0.3, -0.25) is 4.98 Å². The Kier molecular flexibility index (Phi) is 3.85. The van der Waals surface area contributed by atoms with Crippen molar-refractivity contribution in [3.8, 4) is 0 Å². The highest BCUT2D eigenvalue weighted by Crippen LogP contribution is 2.22. The Morgan fingerprint density at radius 3 is 2.85 bits per heavy atom. The van der Waals surface area contributed by atoms with Gasteiger partial charge in [0.05, 0.1) is 24.0 Å². The quantitative estimate of drug-likeness (QED) is 0.713. The molecule has 0 aliphatic heterocycles. The number of carbonyl (C=O) groups is 1. The highest BCUT2D eigenvalue weighted by Gasteiger charge is 2.30. The van der Waals surface area contributed by atoms with E-state index in [0.29, 0.717) is 18.5 Å². The average Bonchev–Trinajstić information content (AvgIpc) is 2.28. The van der Waals surface area contributed by atoms with Gasteiger partial charge in [-0.15, -0.1) is 0 Å². The van der Waals surface area contributed by atoms with Crippen molar-refractivity contribution in [3.05, 3.63) is 23.5 Å². The van der Waals surface area contributed by atoms with E-state index in [1.54, 1.807) is 27.0 Å². The zero-order valence-electron chi connectivity index (χ0n) is 12.0. The molecule has 0 bridgehead atoms. The van der Waals surface area contributed by atoms with Crippen LogP contribution in [-0.2, 0) is 17.6 Å². The van der Waals surface area contributed by atoms with Crippen LogP contribution in [-0.4, -0.2) is 33.9 Å². The zero-order chi connectivity index (χ0) is 14.9. The molecular weight excluding hydrogens is 258 g/mol. The fraction of sp³-hybridized carbons (Fsp3) is 0.571. The minimum Gasteiger partial charge on any atom is -0.444 e. The molecule has 2 atom stereocenters. The first-order valence-corrected chi connectivity index (χ1v) is 6.65. The molecule has 1 aliphatic rings. The van der Waals surface area contributed by atoms with E-state index in [-0.39, 0.29) is 0 Å². The number of nitrogen functional groups attached to an aromatic ring is 1. The van der Waals surface area contributed by atoms with Crippen LogP contribution in [0, 0.1) is 0 Å². The number of ether oxygens (including phenoxy) is 1. The predicted molar refractivity (Wildman–Crippen MR) is 75.2 cm³/mol. The number of nitrogens with one attached hydrogen (secondary N) is 1. The summed E-state index contributed by atoms with van der Waals surface area (Å²) in [5.74, 6) is 0. The van der Waals surface area contributed by atoms with E-state index >= 15 is 0 Å². The molecule has 0 radical (unpaired) electrons. The van der Waals surface area contributed by atoms with Crippen LogP contribution >= 0.6 is 0 Å². The fourth-order valence-electron chi connectivity index (χ4n) is 2.24. The van der Waals surface area contributed by atoms with E-state index in [2.05, 4.69) is 10.3 Å². The van der Waals surface area contributed by atoms with Crippen molar-refractivity contribution in [1.29, 1.82) is 0 Å². The van der Waals surface area contributed by atoms with E-state index in [1.165, 1.54) is 0 Å². The van der Waals surface area contributed by atoms with Gasteiger partial charge in [0.25, 0.3) is 0 Å². The SMILES string of the molecule is CC(C)(C)OC(=O)N[C@H]1Cc2ncc(N)cc2C[C@@H]1O. The number of hydrogen-bond acceptors (Lipinski definition) is 5. The normalized spacial score (nSPS) is 22.0. The van der Waals surface area contributed by atoms with Crippen molar-refractivity contribution in [2.24, 2.45) is 0 Å². The summed E-state index contributed by atoms with van der Waals surface area (Å²) >= 11 is 0. The Labute approximate surface area is 118 Å². The van der Waals surface area contributed by atoms with Gasteiger partial charge in [-0.2, -0.15) is 0 Å². The van der Waals surface area contributed by atoms with Gasteiger partial charge in [-0.05, 0) is 32.4 Å². The highest BCUT2D eigenvalue weighted by atomic mass is 16.6. The third kappa shape index (κ3) is 3.60. The Morgan fingerprint density at radius 2 is 2.20 bits per heavy atom. The van der Waals surface area contributed by atoms with Crippen molar-refractivity contribution < 1.29 is 14.6 Å². The number of rotatable bonds is 1. The van der Waals surface area contributed by atoms with Crippen molar-refractivity contribution in [2.45, 2.75) is 51.4 Å². The molecule has 4 N–H and O–H groups in total. The Balaban J connectivity index is 2.04. The largest absolute Gasteiger partial charge is 0.444 e. The summed E-state index contributed by atoms with van der Waals surface area (Å²) in [5.41, 5.74) is 7.48. The number of fused-ring (bicyclic) bond motifs is 1. The molecule has 0 fully saturated rings. The number of nitrogens with two attached hydrogens (primary N) is 1. The number of anilines is 1. The number of pyridine rings is 1. The Bertz CT molecular complexity index is 511. The van der Waals surface area contributed by atoms with E-state index in [0.717, 1.165) is 11.3 Å². The van der Waals surface area contributed by atoms with Crippen LogP contribution < -0.4 is 11.1 Å². The van der Waals surface area contributed by atoms with Gasteiger partial charge in [-0.1, -0.05) is 0 Å².